The van der Waals surface area contributed by atoms with Gasteiger partial charge in [0.25, 0.3) is 0 Å². The number of ether oxygens (including phenoxy) is 1. The summed E-state index contributed by atoms with van der Waals surface area (Å²) in [6.07, 6.45) is 4.38. The summed E-state index contributed by atoms with van der Waals surface area (Å²) in [4.78, 5) is 0. The topological polar surface area (TPSA) is 96.0 Å². The Hall–Kier alpha value is -3.00. The average Bonchev–Trinajstić information content (AvgIpc) is 3.37. The molecule has 2 bridgehead atoms. The lowest BCUT2D eigenvalue weighted by atomic mass is 10.0. The summed E-state index contributed by atoms with van der Waals surface area (Å²) in [5.41, 5.74) is 2.81. The number of piperidine rings is 1. The summed E-state index contributed by atoms with van der Waals surface area (Å²) in [5, 5.41) is 28.6. The van der Waals surface area contributed by atoms with Gasteiger partial charge < -0.3 is 15.2 Å². The lowest BCUT2D eigenvalue weighted by molar-refractivity contribution is 0.0422. The largest absolute Gasteiger partial charge is 0.507 e. The van der Waals surface area contributed by atoms with Gasteiger partial charge in [-0.1, -0.05) is 6.07 Å². The monoisotopic (exact) mass is 381 g/mol. The van der Waals surface area contributed by atoms with Crippen LogP contribution in [0.3, 0.4) is 0 Å². The standard InChI is InChI=1S/C20H20FN5O2/c21-20-16-4-2-13(24-16)8-18(20)28-19-6-5-15(25-26-19)14-3-1-11(7-17(14)27)12-9-22-23-10-12/h1,3,5-7,9-10,13,16,18,20,24,27H,2,4,8H2,(H,22,23)/t13?,16?,18-,20+/m0/s1. The van der Waals surface area contributed by atoms with Crippen LogP contribution in [0.4, 0.5) is 4.39 Å². The van der Waals surface area contributed by atoms with E-state index in [0.717, 1.165) is 24.0 Å². The Morgan fingerprint density at radius 1 is 1.11 bits per heavy atom. The Morgan fingerprint density at radius 2 is 2.04 bits per heavy atom. The van der Waals surface area contributed by atoms with Crippen LogP contribution in [0.15, 0.2) is 42.7 Å². The summed E-state index contributed by atoms with van der Waals surface area (Å²) in [5.74, 6) is 0.396. The number of fused-ring (bicyclic) bond motifs is 2. The number of nitrogens with one attached hydrogen (secondary N) is 2. The van der Waals surface area contributed by atoms with Gasteiger partial charge in [0.15, 0.2) is 6.17 Å². The lowest BCUT2D eigenvalue weighted by Gasteiger charge is -2.32. The van der Waals surface area contributed by atoms with E-state index in [1.807, 2.05) is 6.07 Å². The van der Waals surface area contributed by atoms with Crippen LogP contribution in [0, 0.1) is 0 Å². The molecule has 0 amide bonds. The maximum atomic E-state index is 14.5. The van der Waals surface area contributed by atoms with Crippen molar-refractivity contribution in [2.24, 2.45) is 0 Å². The van der Waals surface area contributed by atoms with Gasteiger partial charge in [0.05, 0.1) is 11.9 Å². The van der Waals surface area contributed by atoms with Crippen LogP contribution in [-0.4, -0.2) is 49.9 Å². The Balaban J connectivity index is 1.32. The van der Waals surface area contributed by atoms with Crippen molar-refractivity contribution in [2.75, 3.05) is 0 Å². The molecule has 0 aliphatic carbocycles. The van der Waals surface area contributed by atoms with Gasteiger partial charge in [-0.05, 0) is 36.6 Å². The molecule has 8 heteroatoms. The molecule has 2 unspecified atom stereocenters. The van der Waals surface area contributed by atoms with E-state index >= 15 is 0 Å². The molecule has 2 aliphatic heterocycles. The maximum absolute atomic E-state index is 14.5. The van der Waals surface area contributed by atoms with E-state index < -0.39 is 12.3 Å². The Kier molecular flexibility index (Phi) is 4.20. The highest BCUT2D eigenvalue weighted by Gasteiger charge is 2.43. The molecule has 4 heterocycles. The van der Waals surface area contributed by atoms with Gasteiger partial charge in [0.1, 0.15) is 11.9 Å². The van der Waals surface area contributed by atoms with Crippen molar-refractivity contribution in [1.29, 1.82) is 0 Å². The van der Waals surface area contributed by atoms with E-state index in [-0.39, 0.29) is 11.8 Å². The molecule has 28 heavy (non-hydrogen) atoms. The number of hydrogen-bond acceptors (Lipinski definition) is 6. The van der Waals surface area contributed by atoms with Gasteiger partial charge in [-0.25, -0.2) is 4.39 Å². The number of hydrogen-bond donors (Lipinski definition) is 3. The molecule has 4 atom stereocenters. The molecule has 7 nitrogen and oxygen atoms in total. The van der Waals surface area contributed by atoms with E-state index in [0.29, 0.717) is 29.6 Å². The second kappa shape index (κ2) is 6.87. The Morgan fingerprint density at radius 3 is 2.79 bits per heavy atom. The number of aromatic nitrogens is 4. The molecule has 0 radical (unpaired) electrons. The van der Waals surface area contributed by atoms with Crippen LogP contribution < -0.4 is 10.1 Å². The third-order valence-corrected chi connectivity index (χ3v) is 5.55. The van der Waals surface area contributed by atoms with E-state index in [9.17, 15) is 9.50 Å². The van der Waals surface area contributed by atoms with Gasteiger partial charge in [0.2, 0.25) is 5.88 Å². The van der Waals surface area contributed by atoms with Gasteiger partial charge in [-0.2, -0.15) is 5.10 Å². The molecule has 2 aliphatic rings. The van der Waals surface area contributed by atoms with Crippen molar-refractivity contribution in [3.63, 3.8) is 0 Å². The van der Waals surface area contributed by atoms with Crippen molar-refractivity contribution in [3.05, 3.63) is 42.7 Å². The molecule has 0 saturated carbocycles. The van der Waals surface area contributed by atoms with Crippen molar-refractivity contribution in [1.82, 2.24) is 25.7 Å². The number of alkyl halides is 1. The lowest BCUT2D eigenvalue weighted by Crippen LogP contribution is -2.51. The van der Waals surface area contributed by atoms with E-state index in [1.54, 1.807) is 36.7 Å². The van der Waals surface area contributed by atoms with Gasteiger partial charge in [0, 0.05) is 41.9 Å². The smallest absolute Gasteiger partial charge is 0.233 e. The number of aromatic amines is 1. The zero-order valence-electron chi connectivity index (χ0n) is 15.0. The minimum absolute atomic E-state index is 0.0976. The summed E-state index contributed by atoms with van der Waals surface area (Å²) in [7, 11) is 0. The van der Waals surface area contributed by atoms with Crippen LogP contribution in [0.5, 0.6) is 11.6 Å². The fourth-order valence-corrected chi connectivity index (χ4v) is 4.09. The SMILES string of the molecule is Oc1cc(-c2cn[nH]c2)ccc1-c1ccc(O[C@H]2CC3CCC(N3)[C@H]2F)nn1. The maximum Gasteiger partial charge on any atom is 0.233 e. The van der Waals surface area contributed by atoms with E-state index in [2.05, 4.69) is 25.7 Å². The molecule has 5 rings (SSSR count). The van der Waals surface area contributed by atoms with Crippen LogP contribution in [0.1, 0.15) is 19.3 Å². The molecule has 144 valence electrons. The minimum atomic E-state index is -1.04. The molecule has 3 aromatic rings. The first-order valence-electron chi connectivity index (χ1n) is 9.40. The number of halogens is 1. The highest BCUT2D eigenvalue weighted by atomic mass is 19.1. The quantitative estimate of drug-likeness (QED) is 0.643. The molecular formula is C20H20FN5O2. The zero-order valence-corrected chi connectivity index (χ0v) is 15.0. The third-order valence-electron chi connectivity index (χ3n) is 5.55. The second-order valence-corrected chi connectivity index (χ2v) is 7.36. The predicted octanol–water partition coefficient (Wildman–Crippen LogP) is 2.85. The average molecular weight is 381 g/mol. The summed E-state index contributed by atoms with van der Waals surface area (Å²) in [6, 6.07) is 8.90. The fourth-order valence-electron chi connectivity index (χ4n) is 4.09. The highest BCUT2D eigenvalue weighted by Crippen LogP contribution is 2.34. The van der Waals surface area contributed by atoms with Crippen molar-refractivity contribution in [2.45, 2.75) is 43.6 Å². The number of H-pyrrole nitrogens is 1. The molecule has 2 fully saturated rings. The fraction of sp³-hybridized carbons (Fsp3) is 0.350. The minimum Gasteiger partial charge on any atom is -0.507 e. The molecular weight excluding hydrogens is 361 g/mol. The first-order chi connectivity index (χ1) is 13.7. The summed E-state index contributed by atoms with van der Waals surface area (Å²) in [6.45, 7) is 0. The predicted molar refractivity (Wildman–Crippen MR) is 101 cm³/mol. The summed E-state index contributed by atoms with van der Waals surface area (Å²) < 4.78 is 20.3. The van der Waals surface area contributed by atoms with Gasteiger partial charge >= 0.3 is 0 Å². The van der Waals surface area contributed by atoms with Crippen LogP contribution in [-0.2, 0) is 0 Å². The zero-order chi connectivity index (χ0) is 19.1. The third kappa shape index (κ3) is 3.09. The normalized spacial score (nSPS) is 26.3. The first-order valence-corrected chi connectivity index (χ1v) is 9.40. The Labute approximate surface area is 161 Å². The van der Waals surface area contributed by atoms with Crippen LogP contribution >= 0.6 is 0 Å². The van der Waals surface area contributed by atoms with Crippen molar-refractivity contribution < 1.29 is 14.2 Å². The molecule has 2 aromatic heterocycles. The van der Waals surface area contributed by atoms with E-state index in [4.69, 9.17) is 4.74 Å². The van der Waals surface area contributed by atoms with Crippen LogP contribution in [0.25, 0.3) is 22.4 Å². The summed E-state index contributed by atoms with van der Waals surface area (Å²) >= 11 is 0. The van der Waals surface area contributed by atoms with Gasteiger partial charge in [-0.3, -0.25) is 5.10 Å². The van der Waals surface area contributed by atoms with Crippen molar-refractivity contribution in [3.8, 4) is 34.0 Å². The van der Waals surface area contributed by atoms with E-state index in [1.165, 1.54) is 0 Å². The van der Waals surface area contributed by atoms with Crippen LogP contribution in [0.2, 0.25) is 0 Å². The van der Waals surface area contributed by atoms with Crippen molar-refractivity contribution >= 4 is 0 Å². The molecule has 3 N–H and O–H groups in total. The number of phenolic OH excluding ortho intramolecular Hbond substituents is 1. The number of aromatic hydroxyl groups is 1. The first kappa shape index (κ1) is 17.1. The number of phenols is 1. The Bertz CT molecular complexity index is 963. The molecule has 1 aromatic carbocycles. The molecule has 0 spiro atoms. The van der Waals surface area contributed by atoms with Gasteiger partial charge in [-0.15, -0.1) is 10.2 Å². The number of rotatable bonds is 4. The number of nitrogens with zero attached hydrogens (tertiary/aromatic N) is 3. The molecule has 2 saturated heterocycles. The number of benzene rings is 1. The second-order valence-electron chi connectivity index (χ2n) is 7.36. The highest BCUT2D eigenvalue weighted by molar-refractivity contribution is 5.73.